The van der Waals surface area contributed by atoms with Crippen LogP contribution in [0.5, 0.6) is 0 Å². The van der Waals surface area contributed by atoms with Gasteiger partial charge in [-0.1, -0.05) is 13.3 Å². The lowest BCUT2D eigenvalue weighted by molar-refractivity contribution is 0.357. The molecule has 1 aliphatic heterocycles. The minimum Gasteiger partial charge on any atom is -0.370 e. The van der Waals surface area contributed by atoms with Crippen LogP contribution < -0.4 is 0 Å². The first-order valence-corrected chi connectivity index (χ1v) is 4.05. The van der Waals surface area contributed by atoms with Crippen LogP contribution in [0.3, 0.4) is 0 Å². The van der Waals surface area contributed by atoms with Gasteiger partial charge in [-0.2, -0.15) is 0 Å². The molecule has 1 heterocycles. The first-order valence-electron chi connectivity index (χ1n) is 4.05. The number of hydrogen-bond donors (Lipinski definition) is 0. The molecule has 0 N–H and O–H groups in total. The fraction of sp³-hybridized carbons (Fsp3) is 1.00. The number of rotatable bonds is 1. The van der Waals surface area contributed by atoms with E-state index < -0.39 is 0 Å². The Bertz CT molecular complexity index is 111. The van der Waals surface area contributed by atoms with Crippen LogP contribution in [-0.2, 0) is 4.74 Å². The monoisotopic (exact) mass is 126 g/mol. The highest BCUT2D eigenvalue weighted by molar-refractivity contribution is 4.91. The van der Waals surface area contributed by atoms with Gasteiger partial charge in [-0.3, -0.25) is 0 Å². The summed E-state index contributed by atoms with van der Waals surface area (Å²) in [4.78, 5) is 0. The Balaban J connectivity index is 1.86. The third-order valence-electron chi connectivity index (χ3n) is 2.69. The van der Waals surface area contributed by atoms with E-state index in [1.165, 1.54) is 25.7 Å². The highest BCUT2D eigenvalue weighted by Gasteiger charge is 2.43. The Morgan fingerprint density at radius 3 is 2.89 bits per heavy atom. The van der Waals surface area contributed by atoms with Crippen LogP contribution in [0, 0.1) is 5.92 Å². The average molecular weight is 126 g/mol. The third kappa shape index (κ3) is 0.983. The van der Waals surface area contributed by atoms with Crippen molar-refractivity contribution in [1.29, 1.82) is 0 Å². The molecule has 1 aliphatic carbocycles. The van der Waals surface area contributed by atoms with Gasteiger partial charge in [-0.15, -0.1) is 0 Å². The number of ether oxygens (including phenoxy) is 1. The van der Waals surface area contributed by atoms with Crippen molar-refractivity contribution in [1.82, 2.24) is 0 Å². The fourth-order valence-electron chi connectivity index (χ4n) is 1.86. The summed E-state index contributed by atoms with van der Waals surface area (Å²) in [5.74, 6) is 0.980. The molecule has 1 heteroatoms. The Labute approximate surface area is 56.4 Å². The van der Waals surface area contributed by atoms with Crippen molar-refractivity contribution in [2.24, 2.45) is 5.92 Å². The van der Waals surface area contributed by atoms with Crippen molar-refractivity contribution >= 4 is 0 Å². The van der Waals surface area contributed by atoms with Crippen molar-refractivity contribution in [3.8, 4) is 0 Å². The highest BCUT2D eigenvalue weighted by atomic mass is 16.6. The van der Waals surface area contributed by atoms with Gasteiger partial charge in [0, 0.05) is 0 Å². The van der Waals surface area contributed by atoms with E-state index in [0.29, 0.717) is 12.2 Å². The van der Waals surface area contributed by atoms with Crippen molar-refractivity contribution in [2.45, 2.75) is 44.8 Å². The smallest absolute Gasteiger partial charge is 0.0844 e. The zero-order chi connectivity index (χ0) is 6.27. The average Bonchev–Trinajstić information content (AvgIpc) is 2.64. The Hall–Kier alpha value is -0.0400. The second-order valence-corrected chi connectivity index (χ2v) is 3.30. The second kappa shape index (κ2) is 1.98. The van der Waals surface area contributed by atoms with Crippen molar-refractivity contribution < 1.29 is 4.74 Å². The van der Waals surface area contributed by atoms with Gasteiger partial charge in [0.15, 0.2) is 0 Å². The SMILES string of the molecule is CCC1CCC2OC2C1. The molecule has 3 unspecified atom stereocenters. The lowest BCUT2D eigenvalue weighted by Gasteiger charge is -2.15. The molecule has 0 aromatic carbocycles. The molecule has 0 aromatic rings. The van der Waals surface area contributed by atoms with Crippen molar-refractivity contribution in [3.05, 3.63) is 0 Å². The first kappa shape index (κ1) is 5.72. The molecule has 52 valence electrons. The largest absolute Gasteiger partial charge is 0.370 e. The van der Waals surface area contributed by atoms with Crippen LogP contribution >= 0.6 is 0 Å². The van der Waals surface area contributed by atoms with Crippen LogP contribution in [0.15, 0.2) is 0 Å². The van der Waals surface area contributed by atoms with Crippen molar-refractivity contribution in [2.75, 3.05) is 0 Å². The van der Waals surface area contributed by atoms with Crippen LogP contribution in [-0.4, -0.2) is 12.2 Å². The molecule has 2 rings (SSSR count). The molecule has 0 aromatic heterocycles. The Morgan fingerprint density at radius 2 is 2.22 bits per heavy atom. The lowest BCUT2D eigenvalue weighted by Crippen LogP contribution is -2.11. The summed E-state index contributed by atoms with van der Waals surface area (Å²) in [6, 6.07) is 0. The van der Waals surface area contributed by atoms with Crippen LogP contribution in [0.4, 0.5) is 0 Å². The summed E-state index contributed by atoms with van der Waals surface area (Å²) in [5, 5.41) is 0. The second-order valence-electron chi connectivity index (χ2n) is 3.30. The molecule has 2 fully saturated rings. The molecule has 9 heavy (non-hydrogen) atoms. The Kier molecular flexibility index (Phi) is 1.26. The maximum Gasteiger partial charge on any atom is 0.0844 e. The lowest BCUT2D eigenvalue weighted by atomic mass is 9.88. The van der Waals surface area contributed by atoms with Gasteiger partial charge in [0.05, 0.1) is 12.2 Å². The minimum atomic E-state index is 0.684. The molecule has 1 nitrogen and oxygen atoms in total. The zero-order valence-corrected chi connectivity index (χ0v) is 5.97. The third-order valence-corrected chi connectivity index (χ3v) is 2.69. The van der Waals surface area contributed by atoms with Gasteiger partial charge in [-0.25, -0.2) is 0 Å². The first-order chi connectivity index (χ1) is 4.40. The quantitative estimate of drug-likeness (QED) is 0.489. The van der Waals surface area contributed by atoms with Gasteiger partial charge in [0.1, 0.15) is 0 Å². The summed E-state index contributed by atoms with van der Waals surface area (Å²) in [5.41, 5.74) is 0. The fourth-order valence-corrected chi connectivity index (χ4v) is 1.86. The van der Waals surface area contributed by atoms with E-state index in [9.17, 15) is 0 Å². The Morgan fingerprint density at radius 1 is 1.33 bits per heavy atom. The van der Waals surface area contributed by atoms with Gasteiger partial charge in [0.25, 0.3) is 0 Å². The topological polar surface area (TPSA) is 12.5 Å². The summed E-state index contributed by atoms with van der Waals surface area (Å²) >= 11 is 0. The van der Waals surface area contributed by atoms with Gasteiger partial charge >= 0.3 is 0 Å². The maximum atomic E-state index is 5.41. The maximum absolute atomic E-state index is 5.41. The summed E-state index contributed by atoms with van der Waals surface area (Å²) in [6.07, 6.45) is 6.82. The van der Waals surface area contributed by atoms with Crippen LogP contribution in [0.25, 0.3) is 0 Å². The summed E-state index contributed by atoms with van der Waals surface area (Å²) < 4.78 is 5.41. The molecular formula is C8H14O. The molecule has 0 amide bonds. The standard InChI is InChI=1S/C8H14O/c1-2-6-3-4-7-8(5-6)9-7/h6-8H,2-5H2,1H3. The van der Waals surface area contributed by atoms with E-state index >= 15 is 0 Å². The van der Waals surface area contributed by atoms with Gasteiger partial charge in [0.2, 0.25) is 0 Å². The summed E-state index contributed by atoms with van der Waals surface area (Å²) in [7, 11) is 0. The number of epoxide rings is 1. The van der Waals surface area contributed by atoms with E-state index in [2.05, 4.69) is 6.92 Å². The molecule has 1 saturated carbocycles. The van der Waals surface area contributed by atoms with Crippen molar-refractivity contribution in [3.63, 3.8) is 0 Å². The summed E-state index contributed by atoms with van der Waals surface area (Å²) in [6.45, 7) is 2.29. The molecular weight excluding hydrogens is 112 g/mol. The van der Waals surface area contributed by atoms with E-state index in [-0.39, 0.29) is 0 Å². The highest BCUT2D eigenvalue weighted by Crippen LogP contribution is 2.40. The van der Waals surface area contributed by atoms with Crippen LogP contribution in [0.2, 0.25) is 0 Å². The molecule has 0 spiro atoms. The molecule has 1 saturated heterocycles. The van der Waals surface area contributed by atoms with E-state index in [4.69, 9.17) is 4.74 Å². The van der Waals surface area contributed by atoms with E-state index in [1.807, 2.05) is 0 Å². The predicted molar refractivity (Wildman–Crippen MR) is 36.3 cm³/mol. The number of fused-ring (bicyclic) bond motifs is 1. The predicted octanol–water partition coefficient (Wildman–Crippen LogP) is 1.96. The normalized spacial score (nSPS) is 48.3. The molecule has 2 aliphatic rings. The zero-order valence-electron chi connectivity index (χ0n) is 5.97. The van der Waals surface area contributed by atoms with Gasteiger partial charge in [-0.05, 0) is 25.2 Å². The molecule has 3 atom stereocenters. The van der Waals surface area contributed by atoms with E-state index in [1.54, 1.807) is 0 Å². The van der Waals surface area contributed by atoms with E-state index in [0.717, 1.165) is 5.92 Å². The number of hydrogen-bond acceptors (Lipinski definition) is 1. The van der Waals surface area contributed by atoms with Crippen LogP contribution in [0.1, 0.15) is 32.6 Å². The minimum absolute atomic E-state index is 0.684. The molecule has 0 radical (unpaired) electrons. The van der Waals surface area contributed by atoms with Gasteiger partial charge < -0.3 is 4.74 Å². The molecule has 0 bridgehead atoms.